The number of hydrogen-bond acceptors (Lipinski definition) is 6. The molecule has 7 heteroatoms. The molecule has 0 aliphatic rings. The summed E-state index contributed by atoms with van der Waals surface area (Å²) >= 11 is 1.56. The molecule has 2 aromatic heterocycles. The highest BCUT2D eigenvalue weighted by Crippen LogP contribution is 2.25. The maximum atomic E-state index is 12.4. The van der Waals surface area contributed by atoms with E-state index >= 15 is 0 Å². The zero-order chi connectivity index (χ0) is 17.1. The number of nitrogens with zero attached hydrogens (tertiary/aromatic N) is 2. The van der Waals surface area contributed by atoms with Crippen molar-refractivity contribution >= 4 is 23.3 Å². The molecule has 0 saturated heterocycles. The van der Waals surface area contributed by atoms with E-state index < -0.39 is 0 Å². The lowest BCUT2D eigenvalue weighted by molar-refractivity contribution is 0.102. The van der Waals surface area contributed by atoms with Gasteiger partial charge in [0, 0.05) is 15.8 Å². The van der Waals surface area contributed by atoms with E-state index in [1.165, 1.54) is 0 Å². The van der Waals surface area contributed by atoms with Crippen LogP contribution in [0.25, 0.3) is 11.5 Å². The number of carbonyl (C=O) groups excluding carboxylic acids is 1. The van der Waals surface area contributed by atoms with Gasteiger partial charge in [-0.3, -0.25) is 10.1 Å². The van der Waals surface area contributed by atoms with Crippen molar-refractivity contribution in [3.8, 4) is 17.2 Å². The number of carbonyl (C=O) groups is 1. The summed E-state index contributed by atoms with van der Waals surface area (Å²) in [6, 6.07) is 7.32. The van der Waals surface area contributed by atoms with Crippen LogP contribution in [0.4, 0.5) is 6.01 Å². The van der Waals surface area contributed by atoms with E-state index in [0.717, 1.165) is 28.2 Å². The summed E-state index contributed by atoms with van der Waals surface area (Å²) in [7, 11) is 1.60. The number of hydrogen-bond donors (Lipinski definition) is 1. The minimum Gasteiger partial charge on any atom is -0.497 e. The zero-order valence-corrected chi connectivity index (χ0v) is 14.4. The van der Waals surface area contributed by atoms with Crippen LogP contribution in [-0.2, 0) is 6.42 Å². The highest BCUT2D eigenvalue weighted by Gasteiger charge is 2.17. The predicted octanol–water partition coefficient (Wildman–Crippen LogP) is 3.93. The zero-order valence-electron chi connectivity index (χ0n) is 13.6. The second-order valence-corrected chi connectivity index (χ2v) is 6.22. The minimum absolute atomic E-state index is 0.0803. The van der Waals surface area contributed by atoms with E-state index in [2.05, 4.69) is 15.5 Å². The lowest BCUT2D eigenvalue weighted by Gasteiger charge is -2.02. The van der Waals surface area contributed by atoms with Crippen LogP contribution in [0.3, 0.4) is 0 Å². The number of nitrogens with one attached hydrogen (secondary N) is 1. The molecule has 0 bridgehead atoms. The molecule has 1 aromatic carbocycles. The van der Waals surface area contributed by atoms with Crippen molar-refractivity contribution in [1.82, 2.24) is 10.2 Å². The molecule has 2 heterocycles. The van der Waals surface area contributed by atoms with Gasteiger partial charge in [0.15, 0.2) is 0 Å². The third-order valence-electron chi connectivity index (χ3n) is 3.68. The monoisotopic (exact) mass is 343 g/mol. The number of rotatable bonds is 5. The predicted molar refractivity (Wildman–Crippen MR) is 92.7 cm³/mol. The second-order valence-electron chi connectivity index (χ2n) is 5.13. The van der Waals surface area contributed by atoms with Crippen LogP contribution in [0, 0.1) is 6.92 Å². The first-order valence-corrected chi connectivity index (χ1v) is 8.36. The summed E-state index contributed by atoms with van der Waals surface area (Å²) in [5, 5.41) is 12.4. The highest BCUT2D eigenvalue weighted by atomic mass is 32.1. The van der Waals surface area contributed by atoms with Crippen LogP contribution in [0.1, 0.15) is 27.7 Å². The van der Waals surface area contributed by atoms with Crippen molar-refractivity contribution < 1.29 is 13.9 Å². The number of thiophene rings is 1. The Hall–Kier alpha value is -2.67. The average molecular weight is 343 g/mol. The summed E-state index contributed by atoms with van der Waals surface area (Å²) in [4.78, 5) is 13.5. The van der Waals surface area contributed by atoms with Gasteiger partial charge >= 0.3 is 6.01 Å². The maximum Gasteiger partial charge on any atom is 0.322 e. The van der Waals surface area contributed by atoms with Gasteiger partial charge in [-0.15, -0.1) is 16.4 Å². The molecule has 1 amide bonds. The number of methoxy groups -OCH3 is 1. The largest absolute Gasteiger partial charge is 0.497 e. The summed E-state index contributed by atoms with van der Waals surface area (Å²) < 4.78 is 10.6. The SMILES string of the molecule is CCc1c(C(=O)Nc2nnc(-c3ccc(OC)cc3)o2)csc1C. The van der Waals surface area contributed by atoms with E-state index in [9.17, 15) is 4.79 Å². The Morgan fingerprint density at radius 2 is 2.04 bits per heavy atom. The van der Waals surface area contributed by atoms with Gasteiger partial charge in [-0.25, -0.2) is 0 Å². The highest BCUT2D eigenvalue weighted by molar-refractivity contribution is 7.10. The van der Waals surface area contributed by atoms with Crippen LogP contribution in [0.15, 0.2) is 34.1 Å². The Bertz CT molecular complexity index is 852. The maximum absolute atomic E-state index is 12.4. The molecule has 24 heavy (non-hydrogen) atoms. The van der Waals surface area contributed by atoms with E-state index in [0.29, 0.717) is 11.5 Å². The lowest BCUT2D eigenvalue weighted by Crippen LogP contribution is -2.13. The number of ether oxygens (including phenoxy) is 1. The number of aromatic nitrogens is 2. The molecular weight excluding hydrogens is 326 g/mol. The fourth-order valence-corrected chi connectivity index (χ4v) is 3.34. The summed E-state index contributed by atoms with van der Waals surface area (Å²) in [5.74, 6) is 0.845. The van der Waals surface area contributed by atoms with Crippen LogP contribution in [-0.4, -0.2) is 23.2 Å². The van der Waals surface area contributed by atoms with Crippen molar-refractivity contribution in [2.75, 3.05) is 12.4 Å². The Balaban J connectivity index is 1.76. The van der Waals surface area contributed by atoms with Gasteiger partial charge in [0.1, 0.15) is 5.75 Å². The Labute approximate surface area is 143 Å². The van der Waals surface area contributed by atoms with Crippen LogP contribution >= 0.6 is 11.3 Å². The minimum atomic E-state index is -0.235. The first-order valence-electron chi connectivity index (χ1n) is 7.48. The fourth-order valence-electron chi connectivity index (χ4n) is 2.40. The molecule has 124 valence electrons. The van der Waals surface area contributed by atoms with Crippen molar-refractivity contribution in [2.45, 2.75) is 20.3 Å². The first-order chi connectivity index (χ1) is 11.6. The lowest BCUT2D eigenvalue weighted by atomic mass is 10.1. The molecule has 3 aromatic rings. The molecule has 3 rings (SSSR count). The number of benzene rings is 1. The summed E-state index contributed by atoms with van der Waals surface area (Å²) in [5.41, 5.74) is 2.46. The number of anilines is 1. The number of amides is 1. The van der Waals surface area contributed by atoms with Gasteiger partial charge in [0.25, 0.3) is 5.91 Å². The van der Waals surface area contributed by atoms with Gasteiger partial charge in [-0.05, 0) is 43.2 Å². The molecule has 0 spiro atoms. The second kappa shape index (κ2) is 6.84. The smallest absolute Gasteiger partial charge is 0.322 e. The van der Waals surface area contributed by atoms with Crippen molar-refractivity contribution in [2.24, 2.45) is 0 Å². The molecule has 1 N–H and O–H groups in total. The average Bonchev–Trinajstić information content (AvgIpc) is 3.21. The van der Waals surface area contributed by atoms with E-state index in [1.54, 1.807) is 30.6 Å². The molecule has 0 unspecified atom stereocenters. The van der Waals surface area contributed by atoms with Crippen molar-refractivity contribution in [3.63, 3.8) is 0 Å². The molecule has 0 atom stereocenters. The Morgan fingerprint density at radius 3 is 2.71 bits per heavy atom. The van der Waals surface area contributed by atoms with E-state index in [1.807, 2.05) is 31.4 Å². The molecule has 0 aliphatic heterocycles. The van der Waals surface area contributed by atoms with Gasteiger partial charge in [0.05, 0.1) is 12.7 Å². The topological polar surface area (TPSA) is 77.2 Å². The summed E-state index contributed by atoms with van der Waals surface area (Å²) in [6.45, 7) is 4.04. The third-order valence-corrected chi connectivity index (χ3v) is 4.64. The normalized spacial score (nSPS) is 10.6. The van der Waals surface area contributed by atoms with Crippen molar-refractivity contribution in [1.29, 1.82) is 0 Å². The first kappa shape index (κ1) is 16.2. The summed E-state index contributed by atoms with van der Waals surface area (Å²) in [6.07, 6.45) is 0.805. The van der Waals surface area contributed by atoms with Crippen LogP contribution in [0.2, 0.25) is 0 Å². The standard InChI is InChI=1S/C17H17N3O3S/c1-4-13-10(2)24-9-14(13)15(21)18-17-20-19-16(23-17)11-5-7-12(22-3)8-6-11/h5-9H,4H2,1-3H3,(H,18,20,21). The molecule has 0 radical (unpaired) electrons. The molecule has 6 nitrogen and oxygen atoms in total. The van der Waals surface area contributed by atoms with Gasteiger partial charge in [-0.1, -0.05) is 12.0 Å². The molecular formula is C17H17N3O3S. The third kappa shape index (κ3) is 3.16. The Kier molecular flexibility index (Phi) is 4.61. The number of aryl methyl sites for hydroxylation is 1. The van der Waals surface area contributed by atoms with Gasteiger partial charge in [-0.2, -0.15) is 0 Å². The molecule has 0 aliphatic carbocycles. The van der Waals surface area contributed by atoms with Gasteiger partial charge in [0.2, 0.25) is 5.89 Å². The van der Waals surface area contributed by atoms with E-state index in [4.69, 9.17) is 9.15 Å². The van der Waals surface area contributed by atoms with Gasteiger partial charge < -0.3 is 9.15 Å². The molecule has 0 fully saturated rings. The quantitative estimate of drug-likeness (QED) is 0.759. The van der Waals surface area contributed by atoms with Crippen LogP contribution < -0.4 is 10.1 Å². The van der Waals surface area contributed by atoms with Crippen LogP contribution in [0.5, 0.6) is 5.75 Å². The Morgan fingerprint density at radius 1 is 1.29 bits per heavy atom. The van der Waals surface area contributed by atoms with E-state index in [-0.39, 0.29) is 11.9 Å². The molecule has 0 saturated carbocycles. The van der Waals surface area contributed by atoms with Crippen molar-refractivity contribution in [3.05, 3.63) is 45.6 Å². The fraction of sp³-hybridized carbons (Fsp3) is 0.235.